The van der Waals surface area contributed by atoms with Crippen LogP contribution in [0.4, 0.5) is 0 Å². The molecule has 2 nitrogen and oxygen atoms in total. The van der Waals surface area contributed by atoms with Gasteiger partial charge in [0, 0.05) is 18.8 Å². The normalized spacial score (nSPS) is 34.1. The van der Waals surface area contributed by atoms with Crippen molar-refractivity contribution in [1.29, 1.82) is 0 Å². The van der Waals surface area contributed by atoms with Crippen LogP contribution in [-0.4, -0.2) is 25.8 Å². The van der Waals surface area contributed by atoms with Gasteiger partial charge in [-0.3, -0.25) is 0 Å². The number of hydrogen-bond donors (Lipinski definition) is 1. The molecular weight excluding hydrogens is 138 g/mol. The minimum Gasteiger partial charge on any atom is -0.381 e. The Balaban J connectivity index is 1.80. The van der Waals surface area contributed by atoms with Gasteiger partial charge in [-0.25, -0.2) is 0 Å². The first kappa shape index (κ1) is 7.56. The molecule has 0 radical (unpaired) electrons. The van der Waals surface area contributed by atoms with E-state index in [0.717, 1.165) is 19.1 Å². The quantitative estimate of drug-likeness (QED) is 0.660. The van der Waals surface area contributed by atoms with E-state index in [0.29, 0.717) is 5.54 Å². The Morgan fingerprint density at radius 3 is 2.82 bits per heavy atom. The molecule has 1 unspecified atom stereocenters. The standard InChI is InChI=1S/C9H17NO/c1-10-9(3-4-9)6-8-2-5-11-7-8/h8,10H,2-7H2,1H3. The van der Waals surface area contributed by atoms with Gasteiger partial charge in [-0.05, 0) is 38.6 Å². The molecule has 0 bridgehead atoms. The Kier molecular flexibility index (Phi) is 1.90. The largest absolute Gasteiger partial charge is 0.381 e. The van der Waals surface area contributed by atoms with E-state index in [4.69, 9.17) is 4.74 Å². The molecule has 64 valence electrons. The van der Waals surface area contributed by atoms with E-state index in [9.17, 15) is 0 Å². The van der Waals surface area contributed by atoms with Crippen LogP contribution in [0.15, 0.2) is 0 Å². The molecule has 1 saturated heterocycles. The number of ether oxygens (including phenoxy) is 1. The zero-order valence-electron chi connectivity index (χ0n) is 7.23. The summed E-state index contributed by atoms with van der Waals surface area (Å²) in [6, 6.07) is 0. The number of nitrogens with one attached hydrogen (secondary N) is 1. The predicted octanol–water partition coefficient (Wildman–Crippen LogP) is 1.16. The zero-order valence-corrected chi connectivity index (χ0v) is 7.23. The first-order valence-corrected chi connectivity index (χ1v) is 4.61. The molecule has 0 aromatic rings. The average Bonchev–Trinajstić information content (AvgIpc) is 2.59. The van der Waals surface area contributed by atoms with Gasteiger partial charge in [-0.15, -0.1) is 0 Å². The minimum atomic E-state index is 0.526. The SMILES string of the molecule is CNC1(CC2CCOC2)CC1. The fraction of sp³-hybridized carbons (Fsp3) is 1.00. The molecule has 1 aliphatic heterocycles. The van der Waals surface area contributed by atoms with Crippen molar-refractivity contribution in [1.82, 2.24) is 5.32 Å². The second kappa shape index (κ2) is 2.76. The van der Waals surface area contributed by atoms with E-state index in [1.807, 2.05) is 0 Å². The molecule has 0 amide bonds. The van der Waals surface area contributed by atoms with Gasteiger partial charge >= 0.3 is 0 Å². The summed E-state index contributed by atoms with van der Waals surface area (Å²) in [5, 5.41) is 3.42. The lowest BCUT2D eigenvalue weighted by molar-refractivity contribution is 0.180. The summed E-state index contributed by atoms with van der Waals surface area (Å²) in [7, 11) is 2.09. The molecule has 0 spiro atoms. The summed E-state index contributed by atoms with van der Waals surface area (Å²) in [5.41, 5.74) is 0.526. The second-order valence-electron chi connectivity index (χ2n) is 3.96. The van der Waals surface area contributed by atoms with Crippen LogP contribution in [0, 0.1) is 5.92 Å². The fourth-order valence-electron chi connectivity index (χ4n) is 2.00. The lowest BCUT2D eigenvalue weighted by Gasteiger charge is -2.17. The monoisotopic (exact) mass is 155 g/mol. The van der Waals surface area contributed by atoms with Crippen LogP contribution in [0.1, 0.15) is 25.7 Å². The molecule has 2 rings (SSSR count). The molecule has 0 aromatic heterocycles. The van der Waals surface area contributed by atoms with Crippen molar-refractivity contribution in [3.05, 3.63) is 0 Å². The van der Waals surface area contributed by atoms with E-state index in [1.54, 1.807) is 0 Å². The van der Waals surface area contributed by atoms with E-state index < -0.39 is 0 Å². The van der Waals surface area contributed by atoms with Gasteiger partial charge in [0.1, 0.15) is 0 Å². The highest BCUT2D eigenvalue weighted by Gasteiger charge is 2.42. The van der Waals surface area contributed by atoms with Gasteiger partial charge in [-0.2, -0.15) is 0 Å². The third-order valence-corrected chi connectivity index (χ3v) is 3.09. The summed E-state index contributed by atoms with van der Waals surface area (Å²) < 4.78 is 5.35. The maximum Gasteiger partial charge on any atom is 0.0495 e. The van der Waals surface area contributed by atoms with Crippen LogP contribution >= 0.6 is 0 Å². The summed E-state index contributed by atoms with van der Waals surface area (Å²) in [6.45, 7) is 1.99. The molecule has 2 fully saturated rings. The van der Waals surface area contributed by atoms with Crippen molar-refractivity contribution in [3.8, 4) is 0 Å². The van der Waals surface area contributed by atoms with Crippen molar-refractivity contribution >= 4 is 0 Å². The maximum atomic E-state index is 5.35. The highest BCUT2D eigenvalue weighted by Crippen LogP contribution is 2.42. The Morgan fingerprint density at radius 1 is 1.55 bits per heavy atom. The highest BCUT2D eigenvalue weighted by molar-refractivity contribution is 5.02. The van der Waals surface area contributed by atoms with Crippen molar-refractivity contribution in [2.75, 3.05) is 20.3 Å². The molecule has 11 heavy (non-hydrogen) atoms. The summed E-state index contributed by atoms with van der Waals surface area (Å²) >= 11 is 0. The van der Waals surface area contributed by atoms with E-state index in [2.05, 4.69) is 12.4 Å². The molecule has 1 heterocycles. The Labute approximate surface area is 68.3 Å². The van der Waals surface area contributed by atoms with Gasteiger partial charge in [0.2, 0.25) is 0 Å². The van der Waals surface area contributed by atoms with Crippen LogP contribution in [0.2, 0.25) is 0 Å². The topological polar surface area (TPSA) is 21.3 Å². The summed E-state index contributed by atoms with van der Waals surface area (Å²) in [4.78, 5) is 0. The molecule has 0 aromatic carbocycles. The van der Waals surface area contributed by atoms with Crippen molar-refractivity contribution in [2.24, 2.45) is 5.92 Å². The Morgan fingerprint density at radius 2 is 2.36 bits per heavy atom. The Hall–Kier alpha value is -0.0800. The molecular formula is C9H17NO. The molecule has 2 heteroatoms. The highest BCUT2D eigenvalue weighted by atomic mass is 16.5. The molecule has 1 N–H and O–H groups in total. The summed E-state index contributed by atoms with van der Waals surface area (Å²) in [5.74, 6) is 0.838. The van der Waals surface area contributed by atoms with E-state index in [-0.39, 0.29) is 0 Å². The number of rotatable bonds is 3. The fourth-order valence-corrected chi connectivity index (χ4v) is 2.00. The smallest absolute Gasteiger partial charge is 0.0495 e. The van der Waals surface area contributed by atoms with Crippen molar-refractivity contribution in [2.45, 2.75) is 31.2 Å². The second-order valence-corrected chi connectivity index (χ2v) is 3.96. The van der Waals surface area contributed by atoms with Gasteiger partial charge in [0.05, 0.1) is 0 Å². The predicted molar refractivity (Wildman–Crippen MR) is 44.6 cm³/mol. The van der Waals surface area contributed by atoms with Crippen LogP contribution in [0.25, 0.3) is 0 Å². The van der Waals surface area contributed by atoms with Crippen LogP contribution in [0.3, 0.4) is 0 Å². The maximum absolute atomic E-state index is 5.35. The third kappa shape index (κ3) is 1.57. The summed E-state index contributed by atoms with van der Waals surface area (Å²) in [6.07, 6.45) is 5.37. The van der Waals surface area contributed by atoms with Gasteiger partial charge in [0.25, 0.3) is 0 Å². The van der Waals surface area contributed by atoms with Crippen LogP contribution < -0.4 is 5.32 Å². The molecule has 1 atom stereocenters. The third-order valence-electron chi connectivity index (χ3n) is 3.09. The van der Waals surface area contributed by atoms with E-state index in [1.165, 1.54) is 25.7 Å². The lowest BCUT2D eigenvalue weighted by Crippen LogP contribution is -2.29. The van der Waals surface area contributed by atoms with E-state index >= 15 is 0 Å². The first-order valence-electron chi connectivity index (χ1n) is 4.61. The van der Waals surface area contributed by atoms with Crippen molar-refractivity contribution < 1.29 is 4.74 Å². The van der Waals surface area contributed by atoms with Gasteiger partial charge in [0.15, 0.2) is 0 Å². The Bertz CT molecular complexity index is 136. The lowest BCUT2D eigenvalue weighted by atomic mass is 9.98. The van der Waals surface area contributed by atoms with Gasteiger partial charge in [-0.1, -0.05) is 0 Å². The minimum absolute atomic E-state index is 0.526. The average molecular weight is 155 g/mol. The number of hydrogen-bond acceptors (Lipinski definition) is 2. The molecule has 2 aliphatic rings. The molecule has 1 aliphatic carbocycles. The van der Waals surface area contributed by atoms with Crippen LogP contribution in [-0.2, 0) is 4.74 Å². The molecule has 1 saturated carbocycles. The zero-order chi connectivity index (χ0) is 7.73. The first-order chi connectivity index (χ1) is 5.35. The van der Waals surface area contributed by atoms with Gasteiger partial charge < -0.3 is 10.1 Å². The van der Waals surface area contributed by atoms with Crippen molar-refractivity contribution in [3.63, 3.8) is 0 Å². The van der Waals surface area contributed by atoms with Crippen LogP contribution in [0.5, 0.6) is 0 Å².